The van der Waals surface area contributed by atoms with Crippen LogP contribution in [0.5, 0.6) is 0 Å². The van der Waals surface area contributed by atoms with Crippen molar-refractivity contribution in [3.8, 4) is 0 Å². The zero-order valence-corrected chi connectivity index (χ0v) is 11.8. The van der Waals surface area contributed by atoms with Gasteiger partial charge in [-0.25, -0.2) is 4.79 Å². The first-order valence-corrected chi connectivity index (χ1v) is 6.99. The van der Waals surface area contributed by atoms with Crippen LogP contribution >= 0.6 is 27.3 Å². The van der Waals surface area contributed by atoms with Crippen molar-refractivity contribution in [3.63, 3.8) is 0 Å². The normalized spacial score (nSPS) is 10.5. The van der Waals surface area contributed by atoms with Crippen molar-refractivity contribution in [2.75, 3.05) is 13.6 Å². The van der Waals surface area contributed by atoms with Gasteiger partial charge in [0.25, 0.3) is 0 Å². The molecular weight excluding hydrogens is 300 g/mol. The molecule has 0 saturated carbocycles. The molecule has 0 aliphatic rings. The van der Waals surface area contributed by atoms with E-state index in [-0.39, 0.29) is 6.03 Å². The van der Waals surface area contributed by atoms with E-state index in [0.717, 1.165) is 10.9 Å². The van der Waals surface area contributed by atoms with Crippen molar-refractivity contribution in [2.24, 2.45) is 0 Å². The number of carbonyl (C=O) groups is 1. The van der Waals surface area contributed by atoms with E-state index in [0.29, 0.717) is 6.54 Å². The zero-order valence-electron chi connectivity index (χ0n) is 9.42. The summed E-state index contributed by atoms with van der Waals surface area (Å²) in [5, 5.41) is 8.75. The quantitative estimate of drug-likeness (QED) is 0.898. The maximum Gasteiger partial charge on any atom is 0.314 e. The summed E-state index contributed by atoms with van der Waals surface area (Å²) in [6.07, 6.45) is 0.851. The van der Waals surface area contributed by atoms with E-state index in [2.05, 4.69) is 44.1 Å². The van der Waals surface area contributed by atoms with E-state index in [1.54, 1.807) is 18.4 Å². The van der Waals surface area contributed by atoms with Crippen LogP contribution < -0.4 is 10.6 Å². The molecule has 0 saturated heterocycles. The summed E-state index contributed by atoms with van der Waals surface area (Å²) >= 11 is 5.22. The number of rotatable bonds is 3. The fourth-order valence-corrected chi connectivity index (χ4v) is 2.99. The number of fused-ring (bicyclic) bond motifs is 1. The summed E-state index contributed by atoms with van der Waals surface area (Å²) in [6.45, 7) is 0.651. The van der Waals surface area contributed by atoms with Gasteiger partial charge in [0, 0.05) is 22.8 Å². The fraction of sp³-hybridized carbons (Fsp3) is 0.250. The molecule has 0 spiro atoms. The van der Waals surface area contributed by atoms with Crippen LogP contribution in [0.4, 0.5) is 4.79 Å². The summed E-state index contributed by atoms with van der Waals surface area (Å²) in [4.78, 5) is 11.0. The maximum absolute atomic E-state index is 11.0. The number of hydrogen-bond donors (Lipinski definition) is 2. The minimum Gasteiger partial charge on any atom is -0.341 e. The number of hydrogen-bond acceptors (Lipinski definition) is 2. The molecule has 90 valence electrons. The molecule has 5 heteroatoms. The Hall–Kier alpha value is -1.07. The third-order valence-electron chi connectivity index (χ3n) is 2.52. The highest BCUT2D eigenvalue weighted by Gasteiger charge is 2.05. The van der Waals surface area contributed by atoms with Crippen LogP contribution in [-0.2, 0) is 6.42 Å². The minimum atomic E-state index is -0.134. The van der Waals surface area contributed by atoms with Crippen molar-refractivity contribution in [3.05, 3.63) is 33.6 Å². The molecule has 0 unspecified atom stereocenters. The van der Waals surface area contributed by atoms with E-state index in [1.807, 2.05) is 6.07 Å². The van der Waals surface area contributed by atoms with Crippen LogP contribution in [0.25, 0.3) is 10.1 Å². The SMILES string of the molecule is CNC(=O)NCCc1csc2ccc(Br)cc12. The van der Waals surface area contributed by atoms with E-state index < -0.39 is 0 Å². The lowest BCUT2D eigenvalue weighted by Crippen LogP contribution is -2.33. The van der Waals surface area contributed by atoms with Crippen LogP contribution in [0.1, 0.15) is 5.56 Å². The smallest absolute Gasteiger partial charge is 0.314 e. The lowest BCUT2D eigenvalue weighted by molar-refractivity contribution is 0.243. The average Bonchev–Trinajstić information content (AvgIpc) is 2.72. The molecule has 17 heavy (non-hydrogen) atoms. The van der Waals surface area contributed by atoms with Crippen molar-refractivity contribution >= 4 is 43.4 Å². The van der Waals surface area contributed by atoms with Crippen LogP contribution in [0.3, 0.4) is 0 Å². The van der Waals surface area contributed by atoms with E-state index in [4.69, 9.17) is 0 Å². The van der Waals surface area contributed by atoms with Crippen molar-refractivity contribution in [1.82, 2.24) is 10.6 Å². The second kappa shape index (κ2) is 5.51. The molecule has 0 aliphatic heterocycles. The molecule has 1 heterocycles. The van der Waals surface area contributed by atoms with Crippen LogP contribution in [-0.4, -0.2) is 19.6 Å². The first kappa shape index (κ1) is 12.4. The van der Waals surface area contributed by atoms with Gasteiger partial charge in [-0.3, -0.25) is 0 Å². The van der Waals surface area contributed by atoms with Gasteiger partial charge in [-0.1, -0.05) is 15.9 Å². The summed E-state index contributed by atoms with van der Waals surface area (Å²) in [7, 11) is 1.62. The number of amides is 2. The van der Waals surface area contributed by atoms with Crippen LogP contribution in [0, 0.1) is 0 Å². The molecule has 2 amide bonds. The maximum atomic E-state index is 11.0. The van der Waals surface area contributed by atoms with Crippen molar-refractivity contribution in [2.45, 2.75) is 6.42 Å². The van der Waals surface area contributed by atoms with E-state index in [9.17, 15) is 4.79 Å². The Labute approximate surface area is 112 Å². The second-order valence-electron chi connectivity index (χ2n) is 3.66. The molecule has 2 rings (SSSR count). The zero-order chi connectivity index (χ0) is 12.3. The molecule has 2 aromatic rings. The Kier molecular flexibility index (Phi) is 4.02. The van der Waals surface area contributed by atoms with Crippen molar-refractivity contribution < 1.29 is 4.79 Å². The van der Waals surface area contributed by atoms with Crippen molar-refractivity contribution in [1.29, 1.82) is 0 Å². The second-order valence-corrected chi connectivity index (χ2v) is 5.48. The first-order chi connectivity index (χ1) is 8.20. The Morgan fingerprint density at radius 1 is 1.47 bits per heavy atom. The molecule has 3 nitrogen and oxygen atoms in total. The predicted molar refractivity (Wildman–Crippen MR) is 75.7 cm³/mol. The topological polar surface area (TPSA) is 41.1 Å². The van der Waals surface area contributed by atoms with Gasteiger partial charge >= 0.3 is 6.03 Å². The third kappa shape index (κ3) is 2.98. The minimum absolute atomic E-state index is 0.134. The highest BCUT2D eigenvalue weighted by molar-refractivity contribution is 9.10. The van der Waals surface area contributed by atoms with Gasteiger partial charge in [0.15, 0.2) is 0 Å². The number of thiophene rings is 1. The Bertz CT molecular complexity index is 538. The monoisotopic (exact) mass is 312 g/mol. The first-order valence-electron chi connectivity index (χ1n) is 5.32. The largest absolute Gasteiger partial charge is 0.341 e. The van der Waals surface area contributed by atoms with Gasteiger partial charge < -0.3 is 10.6 Å². The molecule has 1 aromatic carbocycles. The predicted octanol–water partition coefficient (Wildman–Crippen LogP) is 3.14. The van der Waals surface area contributed by atoms with Crippen LogP contribution in [0.15, 0.2) is 28.1 Å². The molecule has 0 aliphatic carbocycles. The molecular formula is C12H13BrN2OS. The summed E-state index contributed by atoms with van der Waals surface area (Å²) < 4.78 is 2.37. The van der Waals surface area contributed by atoms with E-state index in [1.165, 1.54) is 15.6 Å². The highest BCUT2D eigenvalue weighted by atomic mass is 79.9. The Morgan fingerprint density at radius 2 is 2.29 bits per heavy atom. The lowest BCUT2D eigenvalue weighted by Gasteiger charge is -2.03. The average molecular weight is 313 g/mol. The van der Waals surface area contributed by atoms with Gasteiger partial charge in [-0.15, -0.1) is 11.3 Å². The molecule has 0 fully saturated rings. The van der Waals surface area contributed by atoms with E-state index >= 15 is 0 Å². The molecule has 0 atom stereocenters. The summed E-state index contributed by atoms with van der Waals surface area (Å²) in [5.74, 6) is 0. The standard InChI is InChI=1S/C12H13BrN2OS/c1-14-12(16)15-5-4-8-7-17-11-3-2-9(13)6-10(8)11/h2-3,6-7H,4-5H2,1H3,(H2,14,15,16). The number of benzene rings is 1. The van der Waals surface area contributed by atoms with Gasteiger partial charge in [-0.05, 0) is 40.9 Å². The summed E-state index contributed by atoms with van der Waals surface area (Å²) in [6, 6.07) is 6.15. The lowest BCUT2D eigenvalue weighted by atomic mass is 10.1. The number of nitrogens with one attached hydrogen (secondary N) is 2. The number of halogens is 1. The van der Waals surface area contributed by atoms with Gasteiger partial charge in [0.05, 0.1) is 0 Å². The van der Waals surface area contributed by atoms with Gasteiger partial charge in [0.2, 0.25) is 0 Å². The Morgan fingerprint density at radius 3 is 3.06 bits per heavy atom. The number of urea groups is 1. The van der Waals surface area contributed by atoms with Gasteiger partial charge in [0.1, 0.15) is 0 Å². The van der Waals surface area contributed by atoms with Gasteiger partial charge in [-0.2, -0.15) is 0 Å². The fourth-order valence-electron chi connectivity index (χ4n) is 1.65. The molecule has 1 aromatic heterocycles. The third-order valence-corrected chi connectivity index (χ3v) is 4.03. The van der Waals surface area contributed by atoms with Crippen LogP contribution in [0.2, 0.25) is 0 Å². The molecule has 0 radical (unpaired) electrons. The summed E-state index contributed by atoms with van der Waals surface area (Å²) in [5.41, 5.74) is 1.28. The molecule has 2 N–H and O–H groups in total. The number of carbonyl (C=O) groups excluding carboxylic acids is 1. The Balaban J connectivity index is 2.08. The highest BCUT2D eigenvalue weighted by Crippen LogP contribution is 2.28. The molecule has 0 bridgehead atoms.